The van der Waals surface area contributed by atoms with Crippen LogP contribution in [0, 0.1) is 0 Å². The van der Waals surface area contributed by atoms with Crippen molar-refractivity contribution < 1.29 is 4.79 Å². The summed E-state index contributed by atoms with van der Waals surface area (Å²) in [6.07, 6.45) is 0.521. The molecule has 0 aromatic heterocycles. The SMILES string of the molecule is C[C@H]1CNCCN1CCC(=O)Nc1ccccc1-c1ccccc1.Cl. The van der Waals surface area contributed by atoms with E-state index in [9.17, 15) is 4.79 Å². The van der Waals surface area contributed by atoms with Crippen LogP contribution in [0.25, 0.3) is 11.1 Å². The molecule has 0 radical (unpaired) electrons. The van der Waals surface area contributed by atoms with Crippen molar-refractivity contribution in [1.82, 2.24) is 10.2 Å². The first-order valence-electron chi connectivity index (χ1n) is 8.63. The summed E-state index contributed by atoms with van der Waals surface area (Å²) in [6, 6.07) is 18.6. The maximum atomic E-state index is 12.4. The van der Waals surface area contributed by atoms with E-state index in [4.69, 9.17) is 0 Å². The van der Waals surface area contributed by atoms with E-state index in [1.165, 1.54) is 0 Å². The van der Waals surface area contributed by atoms with Gasteiger partial charge in [0.15, 0.2) is 0 Å². The molecule has 0 unspecified atom stereocenters. The number of piperazine rings is 1. The Balaban J connectivity index is 0.00000225. The van der Waals surface area contributed by atoms with E-state index in [0.717, 1.165) is 43.0 Å². The lowest BCUT2D eigenvalue weighted by Gasteiger charge is -2.33. The molecule has 0 bridgehead atoms. The van der Waals surface area contributed by atoms with Crippen molar-refractivity contribution in [3.05, 3.63) is 54.6 Å². The van der Waals surface area contributed by atoms with E-state index in [-0.39, 0.29) is 18.3 Å². The normalized spacial score (nSPS) is 17.6. The lowest BCUT2D eigenvalue weighted by atomic mass is 10.0. The lowest BCUT2D eigenvalue weighted by Crippen LogP contribution is -2.50. The molecule has 1 heterocycles. The molecular formula is C20H26ClN3O. The van der Waals surface area contributed by atoms with Crippen molar-refractivity contribution in [3.63, 3.8) is 0 Å². The maximum absolute atomic E-state index is 12.4. The highest BCUT2D eigenvalue weighted by Gasteiger charge is 2.18. The fourth-order valence-corrected chi connectivity index (χ4v) is 3.13. The molecule has 1 aliphatic rings. The number of rotatable bonds is 5. The molecule has 0 saturated carbocycles. The molecule has 2 N–H and O–H groups in total. The molecule has 1 amide bonds. The van der Waals surface area contributed by atoms with Crippen LogP contribution >= 0.6 is 12.4 Å². The largest absolute Gasteiger partial charge is 0.325 e. The monoisotopic (exact) mass is 359 g/mol. The third kappa shape index (κ3) is 5.30. The highest BCUT2D eigenvalue weighted by atomic mass is 35.5. The van der Waals surface area contributed by atoms with Crippen LogP contribution in [0.5, 0.6) is 0 Å². The van der Waals surface area contributed by atoms with Crippen molar-refractivity contribution in [2.24, 2.45) is 0 Å². The second-order valence-corrected chi connectivity index (χ2v) is 6.30. The number of benzene rings is 2. The molecule has 134 valence electrons. The minimum atomic E-state index is 0. The van der Waals surface area contributed by atoms with Crippen LogP contribution in [0.4, 0.5) is 5.69 Å². The van der Waals surface area contributed by atoms with Gasteiger partial charge in [-0.2, -0.15) is 0 Å². The zero-order chi connectivity index (χ0) is 16.8. The number of anilines is 1. The van der Waals surface area contributed by atoms with Crippen LogP contribution in [0.1, 0.15) is 13.3 Å². The van der Waals surface area contributed by atoms with Crippen LogP contribution in [-0.4, -0.2) is 43.0 Å². The Labute approximate surface area is 156 Å². The van der Waals surface area contributed by atoms with Gasteiger partial charge in [0.25, 0.3) is 0 Å². The zero-order valence-corrected chi connectivity index (χ0v) is 15.4. The molecule has 2 aromatic rings. The Morgan fingerprint density at radius 1 is 1.16 bits per heavy atom. The number of carbonyl (C=O) groups excluding carboxylic acids is 1. The van der Waals surface area contributed by atoms with Crippen LogP contribution in [0.2, 0.25) is 0 Å². The molecule has 4 nitrogen and oxygen atoms in total. The van der Waals surface area contributed by atoms with Crippen LogP contribution in [-0.2, 0) is 4.79 Å². The van der Waals surface area contributed by atoms with E-state index in [0.29, 0.717) is 12.5 Å². The van der Waals surface area contributed by atoms with Gasteiger partial charge in [-0.1, -0.05) is 48.5 Å². The fraction of sp³-hybridized carbons (Fsp3) is 0.350. The van der Waals surface area contributed by atoms with E-state index >= 15 is 0 Å². The molecule has 1 atom stereocenters. The fourth-order valence-electron chi connectivity index (χ4n) is 3.13. The Hall–Kier alpha value is -1.88. The van der Waals surface area contributed by atoms with E-state index < -0.39 is 0 Å². The number of nitrogens with one attached hydrogen (secondary N) is 2. The topological polar surface area (TPSA) is 44.4 Å². The summed E-state index contributed by atoms with van der Waals surface area (Å²) < 4.78 is 0. The Morgan fingerprint density at radius 3 is 2.64 bits per heavy atom. The number of nitrogens with zero attached hydrogens (tertiary/aromatic N) is 1. The van der Waals surface area contributed by atoms with Crippen LogP contribution in [0.15, 0.2) is 54.6 Å². The van der Waals surface area contributed by atoms with Gasteiger partial charge in [-0.25, -0.2) is 0 Å². The number of hydrogen-bond donors (Lipinski definition) is 2. The summed E-state index contributed by atoms with van der Waals surface area (Å²) in [4.78, 5) is 14.8. The van der Waals surface area contributed by atoms with Gasteiger partial charge in [0.05, 0.1) is 0 Å². The van der Waals surface area contributed by atoms with E-state index in [2.05, 4.69) is 34.6 Å². The first-order valence-corrected chi connectivity index (χ1v) is 8.63. The molecule has 1 aliphatic heterocycles. The third-order valence-corrected chi connectivity index (χ3v) is 4.55. The summed E-state index contributed by atoms with van der Waals surface area (Å²) in [5.41, 5.74) is 3.05. The van der Waals surface area contributed by atoms with Crippen LogP contribution in [0.3, 0.4) is 0 Å². The Bertz CT molecular complexity index is 678. The molecule has 5 heteroatoms. The molecule has 3 rings (SSSR count). The number of hydrogen-bond acceptors (Lipinski definition) is 3. The minimum Gasteiger partial charge on any atom is -0.325 e. The molecule has 0 aliphatic carbocycles. The van der Waals surface area contributed by atoms with Crippen molar-refractivity contribution in [3.8, 4) is 11.1 Å². The zero-order valence-electron chi connectivity index (χ0n) is 14.6. The maximum Gasteiger partial charge on any atom is 0.225 e. The van der Waals surface area contributed by atoms with Gasteiger partial charge < -0.3 is 10.6 Å². The van der Waals surface area contributed by atoms with Crippen molar-refractivity contribution in [2.45, 2.75) is 19.4 Å². The molecule has 0 spiro atoms. The highest BCUT2D eigenvalue weighted by molar-refractivity contribution is 5.95. The van der Waals surface area contributed by atoms with Gasteiger partial charge in [0.2, 0.25) is 5.91 Å². The lowest BCUT2D eigenvalue weighted by molar-refractivity contribution is -0.116. The summed E-state index contributed by atoms with van der Waals surface area (Å²) in [5.74, 6) is 0.0733. The second-order valence-electron chi connectivity index (χ2n) is 6.30. The number of carbonyl (C=O) groups is 1. The second kappa shape index (κ2) is 9.56. The first-order chi connectivity index (χ1) is 11.7. The standard InChI is InChI=1S/C20H25N3O.ClH/c1-16-15-21-12-14-23(16)13-11-20(24)22-19-10-6-5-9-18(19)17-7-3-2-4-8-17;/h2-10,16,21H,11-15H2,1H3,(H,22,24);1H/t16-;/m0./s1. The van der Waals surface area contributed by atoms with Crippen molar-refractivity contribution in [1.29, 1.82) is 0 Å². The summed E-state index contributed by atoms with van der Waals surface area (Å²) in [6.45, 7) is 6.02. The number of halogens is 1. The Morgan fingerprint density at radius 2 is 1.88 bits per heavy atom. The van der Waals surface area contributed by atoms with Crippen molar-refractivity contribution in [2.75, 3.05) is 31.5 Å². The molecule has 25 heavy (non-hydrogen) atoms. The molecule has 1 saturated heterocycles. The minimum absolute atomic E-state index is 0. The summed E-state index contributed by atoms with van der Waals surface area (Å²) in [7, 11) is 0. The smallest absolute Gasteiger partial charge is 0.225 e. The van der Waals surface area contributed by atoms with Gasteiger partial charge in [-0.15, -0.1) is 12.4 Å². The van der Waals surface area contributed by atoms with Gasteiger partial charge in [-0.05, 0) is 18.6 Å². The molecular weight excluding hydrogens is 334 g/mol. The van der Waals surface area contributed by atoms with Gasteiger partial charge in [-0.3, -0.25) is 9.69 Å². The van der Waals surface area contributed by atoms with E-state index in [1.54, 1.807) is 0 Å². The quantitative estimate of drug-likeness (QED) is 0.860. The van der Waals surface area contributed by atoms with Gasteiger partial charge in [0.1, 0.15) is 0 Å². The average Bonchev–Trinajstić information content (AvgIpc) is 2.62. The van der Waals surface area contributed by atoms with Gasteiger partial charge in [0, 0.05) is 49.9 Å². The first kappa shape index (κ1) is 19.4. The number of amides is 1. The summed E-state index contributed by atoms with van der Waals surface area (Å²) in [5, 5.41) is 6.46. The summed E-state index contributed by atoms with van der Waals surface area (Å²) >= 11 is 0. The number of para-hydroxylation sites is 1. The molecule has 1 fully saturated rings. The average molecular weight is 360 g/mol. The van der Waals surface area contributed by atoms with Crippen LogP contribution < -0.4 is 10.6 Å². The van der Waals surface area contributed by atoms with Gasteiger partial charge >= 0.3 is 0 Å². The predicted octanol–water partition coefficient (Wildman–Crippen LogP) is 3.40. The van der Waals surface area contributed by atoms with E-state index in [1.807, 2.05) is 42.5 Å². The molecule has 2 aromatic carbocycles. The highest BCUT2D eigenvalue weighted by Crippen LogP contribution is 2.27. The third-order valence-electron chi connectivity index (χ3n) is 4.55. The predicted molar refractivity (Wildman–Crippen MR) is 106 cm³/mol. The Kier molecular flexibility index (Phi) is 7.44. The van der Waals surface area contributed by atoms with Crippen molar-refractivity contribution >= 4 is 24.0 Å².